The van der Waals surface area contributed by atoms with E-state index in [1.807, 2.05) is 12.1 Å². The fourth-order valence-electron chi connectivity index (χ4n) is 3.57. The summed E-state index contributed by atoms with van der Waals surface area (Å²) in [6.45, 7) is 3.65. The molecule has 1 atom stereocenters. The zero-order chi connectivity index (χ0) is 17.1. The summed E-state index contributed by atoms with van der Waals surface area (Å²) in [5.74, 6) is 0.906. The molecule has 1 fully saturated rings. The number of ether oxygens (including phenoxy) is 2. The van der Waals surface area contributed by atoms with Gasteiger partial charge in [-0.3, -0.25) is 4.90 Å². The summed E-state index contributed by atoms with van der Waals surface area (Å²) in [5.41, 5.74) is 3.73. The molecule has 0 amide bonds. The summed E-state index contributed by atoms with van der Waals surface area (Å²) in [4.78, 5) is 5.99. The van der Waals surface area contributed by atoms with Crippen molar-refractivity contribution in [2.24, 2.45) is 0 Å². The second kappa shape index (κ2) is 7.30. The Hall–Kier alpha value is -2.30. The minimum Gasteiger partial charge on any atom is -0.497 e. The molecule has 4 nitrogen and oxygen atoms in total. The lowest BCUT2D eigenvalue weighted by Crippen LogP contribution is -2.42. The lowest BCUT2D eigenvalue weighted by Gasteiger charge is -2.32. The second-order valence-electron chi connectivity index (χ2n) is 6.67. The van der Waals surface area contributed by atoms with E-state index in [0.29, 0.717) is 0 Å². The molecule has 0 unspecified atom stereocenters. The van der Waals surface area contributed by atoms with Crippen LogP contribution in [0, 0.1) is 0 Å². The normalized spacial score (nSPS) is 18.5. The van der Waals surface area contributed by atoms with Crippen LogP contribution in [0.5, 0.6) is 5.75 Å². The first kappa shape index (κ1) is 16.2. The monoisotopic (exact) mass is 336 g/mol. The van der Waals surface area contributed by atoms with Crippen LogP contribution in [0.3, 0.4) is 0 Å². The van der Waals surface area contributed by atoms with Crippen LogP contribution in [0.2, 0.25) is 0 Å². The Morgan fingerprint density at radius 2 is 2.08 bits per heavy atom. The van der Waals surface area contributed by atoms with E-state index in [9.17, 15) is 0 Å². The van der Waals surface area contributed by atoms with Crippen LogP contribution in [0.1, 0.15) is 11.3 Å². The van der Waals surface area contributed by atoms with Crippen molar-refractivity contribution in [3.63, 3.8) is 0 Å². The molecule has 0 radical (unpaired) electrons. The van der Waals surface area contributed by atoms with E-state index in [1.54, 1.807) is 7.11 Å². The molecule has 1 N–H and O–H groups in total. The first-order valence-corrected chi connectivity index (χ1v) is 8.84. The maximum Gasteiger partial charge on any atom is 0.119 e. The maximum atomic E-state index is 5.99. The van der Waals surface area contributed by atoms with Crippen molar-refractivity contribution in [3.05, 3.63) is 65.9 Å². The Morgan fingerprint density at radius 1 is 1.16 bits per heavy atom. The Balaban J connectivity index is 1.40. The van der Waals surface area contributed by atoms with Gasteiger partial charge in [-0.15, -0.1) is 0 Å². The molecule has 4 rings (SSSR count). The van der Waals surface area contributed by atoms with Gasteiger partial charge in [-0.05, 0) is 35.2 Å². The number of H-pyrrole nitrogens is 1. The van der Waals surface area contributed by atoms with Crippen LogP contribution >= 0.6 is 0 Å². The molecule has 1 aliphatic heterocycles. The highest BCUT2D eigenvalue weighted by Gasteiger charge is 2.21. The predicted molar refractivity (Wildman–Crippen MR) is 100 cm³/mol. The van der Waals surface area contributed by atoms with Gasteiger partial charge >= 0.3 is 0 Å². The van der Waals surface area contributed by atoms with Crippen LogP contribution in [0.4, 0.5) is 0 Å². The van der Waals surface area contributed by atoms with Gasteiger partial charge in [0.2, 0.25) is 0 Å². The number of para-hydroxylation sites is 1. The average molecular weight is 336 g/mol. The zero-order valence-corrected chi connectivity index (χ0v) is 14.6. The lowest BCUT2D eigenvalue weighted by atomic mass is 10.1. The van der Waals surface area contributed by atoms with Gasteiger partial charge in [-0.25, -0.2) is 0 Å². The van der Waals surface area contributed by atoms with E-state index in [0.717, 1.165) is 38.4 Å². The largest absolute Gasteiger partial charge is 0.497 e. The zero-order valence-electron chi connectivity index (χ0n) is 14.6. The standard InChI is InChI=1S/C21H24N2O2/c1-24-19-7-4-5-16(11-19)12-20-15-23(9-10-25-20)14-18-13-17-6-2-3-8-21(17)22-18/h2-8,11,13,20,22H,9-10,12,14-15H2,1H3/t20-/m1/s1. The van der Waals surface area contributed by atoms with E-state index >= 15 is 0 Å². The number of benzene rings is 2. The van der Waals surface area contributed by atoms with Crippen LogP contribution in [0.25, 0.3) is 10.9 Å². The highest BCUT2D eigenvalue weighted by Crippen LogP contribution is 2.19. The fraction of sp³-hybridized carbons (Fsp3) is 0.333. The summed E-state index contributed by atoms with van der Waals surface area (Å²) in [7, 11) is 1.71. The molecule has 0 bridgehead atoms. The number of rotatable bonds is 5. The molecular formula is C21H24N2O2. The summed E-state index contributed by atoms with van der Waals surface area (Å²) >= 11 is 0. The second-order valence-corrected chi connectivity index (χ2v) is 6.67. The third kappa shape index (κ3) is 3.86. The predicted octanol–water partition coefficient (Wildman–Crippen LogP) is 3.62. The highest BCUT2D eigenvalue weighted by atomic mass is 16.5. The SMILES string of the molecule is COc1cccc(C[C@@H]2CN(Cc3cc4ccccc4[nH]3)CCO2)c1. The number of morpholine rings is 1. The van der Waals surface area contributed by atoms with Gasteiger partial charge in [0, 0.05) is 37.3 Å². The van der Waals surface area contributed by atoms with Crippen molar-refractivity contribution >= 4 is 10.9 Å². The van der Waals surface area contributed by atoms with Crippen LogP contribution in [-0.2, 0) is 17.7 Å². The van der Waals surface area contributed by atoms with Crippen LogP contribution in [0.15, 0.2) is 54.6 Å². The molecule has 1 saturated heterocycles. The summed E-state index contributed by atoms with van der Waals surface area (Å²) in [6, 6.07) is 18.9. The Bertz CT molecular complexity index is 810. The Kier molecular flexibility index (Phi) is 4.72. The first-order valence-electron chi connectivity index (χ1n) is 8.84. The number of nitrogens with one attached hydrogen (secondary N) is 1. The Morgan fingerprint density at radius 3 is 2.96 bits per heavy atom. The van der Waals surface area contributed by atoms with Gasteiger partial charge < -0.3 is 14.5 Å². The summed E-state index contributed by atoms with van der Waals surface area (Å²) in [6.07, 6.45) is 1.14. The molecular weight excluding hydrogens is 312 g/mol. The van der Waals surface area contributed by atoms with Gasteiger partial charge in [-0.1, -0.05) is 30.3 Å². The van der Waals surface area contributed by atoms with Crippen molar-refractivity contribution in [1.29, 1.82) is 0 Å². The van der Waals surface area contributed by atoms with Gasteiger partial charge in [0.15, 0.2) is 0 Å². The number of methoxy groups -OCH3 is 1. The van der Waals surface area contributed by atoms with Crippen LogP contribution in [-0.4, -0.2) is 42.8 Å². The van der Waals surface area contributed by atoms with Crippen molar-refractivity contribution in [1.82, 2.24) is 9.88 Å². The highest BCUT2D eigenvalue weighted by molar-refractivity contribution is 5.80. The van der Waals surface area contributed by atoms with E-state index in [4.69, 9.17) is 9.47 Å². The molecule has 2 heterocycles. The molecule has 0 aliphatic carbocycles. The lowest BCUT2D eigenvalue weighted by molar-refractivity contribution is -0.0308. The van der Waals surface area contributed by atoms with E-state index < -0.39 is 0 Å². The smallest absolute Gasteiger partial charge is 0.119 e. The van der Waals surface area contributed by atoms with E-state index in [1.165, 1.54) is 22.2 Å². The first-order chi connectivity index (χ1) is 12.3. The number of aromatic amines is 1. The molecule has 3 aromatic rings. The third-order valence-corrected chi connectivity index (χ3v) is 4.80. The average Bonchev–Trinajstić information content (AvgIpc) is 3.04. The quantitative estimate of drug-likeness (QED) is 0.773. The molecule has 4 heteroatoms. The van der Waals surface area contributed by atoms with Crippen molar-refractivity contribution in [3.8, 4) is 5.75 Å². The fourth-order valence-corrected chi connectivity index (χ4v) is 3.57. The Labute approximate surface area is 148 Å². The topological polar surface area (TPSA) is 37.5 Å². The van der Waals surface area contributed by atoms with Crippen molar-refractivity contribution < 1.29 is 9.47 Å². The number of fused-ring (bicyclic) bond motifs is 1. The van der Waals surface area contributed by atoms with Gasteiger partial charge in [0.25, 0.3) is 0 Å². The van der Waals surface area contributed by atoms with Gasteiger partial charge in [0.1, 0.15) is 5.75 Å². The molecule has 25 heavy (non-hydrogen) atoms. The summed E-state index contributed by atoms with van der Waals surface area (Å²) < 4.78 is 11.3. The molecule has 1 aliphatic rings. The van der Waals surface area contributed by atoms with Crippen molar-refractivity contribution in [2.45, 2.75) is 19.1 Å². The number of hydrogen-bond acceptors (Lipinski definition) is 3. The van der Waals surface area contributed by atoms with Gasteiger partial charge in [-0.2, -0.15) is 0 Å². The van der Waals surface area contributed by atoms with E-state index in [-0.39, 0.29) is 6.10 Å². The number of nitrogens with zero attached hydrogens (tertiary/aromatic N) is 1. The van der Waals surface area contributed by atoms with E-state index in [2.05, 4.69) is 52.3 Å². The van der Waals surface area contributed by atoms with Crippen LogP contribution < -0.4 is 4.74 Å². The van der Waals surface area contributed by atoms with Crippen molar-refractivity contribution in [2.75, 3.05) is 26.8 Å². The molecule has 0 spiro atoms. The molecule has 2 aromatic carbocycles. The molecule has 0 saturated carbocycles. The van der Waals surface area contributed by atoms with Gasteiger partial charge in [0.05, 0.1) is 19.8 Å². The molecule has 130 valence electrons. The summed E-state index contributed by atoms with van der Waals surface area (Å²) in [5, 5.41) is 1.28. The maximum absolute atomic E-state index is 5.99. The number of aromatic nitrogens is 1. The molecule has 1 aromatic heterocycles. The third-order valence-electron chi connectivity index (χ3n) is 4.80. The minimum atomic E-state index is 0.227. The number of hydrogen-bond donors (Lipinski definition) is 1. The minimum absolute atomic E-state index is 0.227.